The third-order valence-corrected chi connectivity index (χ3v) is 9.94. The number of hydrogen-bond acceptors (Lipinski definition) is 6. The molecule has 0 aromatic heterocycles. The van der Waals surface area contributed by atoms with Crippen LogP contribution in [0.5, 0.6) is 0 Å². The number of ether oxygens (including phenoxy) is 3. The Morgan fingerprint density at radius 1 is 1.15 bits per heavy atom. The average molecular weight is 476 g/mol. The summed E-state index contributed by atoms with van der Waals surface area (Å²) in [7, 11) is 0. The second-order valence-corrected chi connectivity index (χ2v) is 11.9. The second kappa shape index (κ2) is 9.21. The highest BCUT2D eigenvalue weighted by atomic mass is 16.6. The summed E-state index contributed by atoms with van der Waals surface area (Å²) >= 11 is 0. The lowest BCUT2D eigenvalue weighted by Crippen LogP contribution is -2.95. The van der Waals surface area contributed by atoms with Crippen LogP contribution in [0.15, 0.2) is 11.6 Å². The molecule has 9 atom stereocenters. The standard InChI is InChI=1S/C27H42N2O5/c1-4-16(2)25(31)34-26(3)10-5-6-20(17-9-11-29-23(28)13-17)27(26)15-19-12-18-7-8-24(30)32-21(18)14-22(19)33-27/h4,17-23,29H,5-15,28H2,1-3H3/p+1/t17?,18?,19?,20-,21?,22?,23?,26-,27-/m0/s1. The summed E-state index contributed by atoms with van der Waals surface area (Å²) in [6.07, 6.45) is 11.2. The summed E-state index contributed by atoms with van der Waals surface area (Å²) in [6, 6.07) is 0. The van der Waals surface area contributed by atoms with E-state index in [1.165, 1.54) is 0 Å². The molecule has 3 heterocycles. The van der Waals surface area contributed by atoms with Crippen LogP contribution in [-0.2, 0) is 23.8 Å². The molecule has 0 bridgehead atoms. The summed E-state index contributed by atoms with van der Waals surface area (Å²) in [6.45, 7) is 6.86. The van der Waals surface area contributed by atoms with Crippen LogP contribution in [0.25, 0.3) is 0 Å². The monoisotopic (exact) mass is 475 g/mol. The third-order valence-electron chi connectivity index (χ3n) is 9.94. The second-order valence-electron chi connectivity index (χ2n) is 11.9. The highest BCUT2D eigenvalue weighted by Crippen LogP contribution is 2.60. The summed E-state index contributed by atoms with van der Waals surface area (Å²) in [5.74, 6) is 1.33. The Morgan fingerprint density at radius 3 is 2.74 bits per heavy atom. The summed E-state index contributed by atoms with van der Waals surface area (Å²) in [5, 5.41) is 2.24. The molecule has 7 heteroatoms. The van der Waals surface area contributed by atoms with Gasteiger partial charge in [0.15, 0.2) is 0 Å². The maximum atomic E-state index is 13.0. The Kier molecular flexibility index (Phi) is 6.57. The van der Waals surface area contributed by atoms with E-state index in [2.05, 4.69) is 12.2 Å². The van der Waals surface area contributed by atoms with Gasteiger partial charge in [0.2, 0.25) is 0 Å². The van der Waals surface area contributed by atoms with E-state index in [9.17, 15) is 9.59 Å². The van der Waals surface area contributed by atoms with Crippen LogP contribution in [-0.4, -0.2) is 48.1 Å². The first-order chi connectivity index (χ1) is 16.2. The van der Waals surface area contributed by atoms with Crippen molar-refractivity contribution in [3.8, 4) is 0 Å². The van der Waals surface area contributed by atoms with Gasteiger partial charge in [-0.2, -0.15) is 0 Å². The molecule has 3 aliphatic heterocycles. The smallest absolute Gasteiger partial charge is 0.334 e. The fourth-order valence-corrected chi connectivity index (χ4v) is 8.04. The molecule has 0 amide bonds. The van der Waals surface area contributed by atoms with Crippen molar-refractivity contribution >= 4 is 11.9 Å². The zero-order chi connectivity index (χ0) is 24.1. The molecule has 0 aromatic carbocycles. The van der Waals surface area contributed by atoms with Crippen molar-refractivity contribution in [2.45, 2.75) is 115 Å². The molecule has 1 spiro atoms. The van der Waals surface area contributed by atoms with E-state index in [4.69, 9.17) is 19.9 Å². The van der Waals surface area contributed by atoms with Crippen molar-refractivity contribution in [3.05, 3.63) is 11.6 Å². The molecule has 190 valence electrons. The topological polar surface area (TPSA) is 104 Å². The van der Waals surface area contributed by atoms with E-state index in [1.807, 2.05) is 19.9 Å². The molecular weight excluding hydrogens is 432 g/mol. The van der Waals surface area contributed by atoms with Crippen molar-refractivity contribution in [2.75, 3.05) is 6.54 Å². The number of carbonyl (C=O) groups excluding carboxylic acids is 2. The van der Waals surface area contributed by atoms with Crippen LogP contribution in [0, 0.1) is 23.7 Å². The quantitative estimate of drug-likeness (QED) is 0.480. The maximum absolute atomic E-state index is 13.0. The largest absolute Gasteiger partial charge is 0.462 e. The number of rotatable bonds is 3. The molecule has 4 N–H and O–H groups in total. The van der Waals surface area contributed by atoms with Gasteiger partial charge in [0, 0.05) is 24.8 Å². The minimum absolute atomic E-state index is 0.0310. The number of hydrogen-bond donors (Lipinski definition) is 2. The van der Waals surface area contributed by atoms with Crippen LogP contribution in [0.3, 0.4) is 0 Å². The molecule has 0 radical (unpaired) electrons. The minimum Gasteiger partial charge on any atom is -0.462 e. The molecule has 0 aromatic rings. The van der Waals surface area contributed by atoms with Crippen LogP contribution in [0.1, 0.15) is 85.0 Å². The molecule has 2 saturated carbocycles. The van der Waals surface area contributed by atoms with E-state index in [0.29, 0.717) is 35.7 Å². The van der Waals surface area contributed by atoms with E-state index in [-0.39, 0.29) is 30.3 Å². The highest BCUT2D eigenvalue weighted by molar-refractivity contribution is 5.88. The number of carbonyl (C=O) groups is 2. The SMILES string of the molecule is CC=C(C)C(=O)O[C@@]1(C)CCC[C@@H](C2CC[NH2+]C(N)C2)[C@@]12CC1CC3CCC(=O)OC3CC1O2. The fourth-order valence-electron chi connectivity index (χ4n) is 8.04. The normalized spacial score (nSPS) is 47.0. The number of nitrogens with two attached hydrogens (primary N) is 2. The van der Waals surface area contributed by atoms with Gasteiger partial charge in [-0.15, -0.1) is 0 Å². The molecule has 3 saturated heterocycles. The van der Waals surface area contributed by atoms with E-state index in [0.717, 1.165) is 64.3 Å². The third kappa shape index (κ3) is 4.11. The van der Waals surface area contributed by atoms with Crippen molar-refractivity contribution in [1.82, 2.24) is 0 Å². The Balaban J connectivity index is 1.48. The summed E-state index contributed by atoms with van der Waals surface area (Å²) in [4.78, 5) is 25.0. The first-order valence-corrected chi connectivity index (χ1v) is 13.6. The number of quaternary nitrogens is 1. The molecule has 34 heavy (non-hydrogen) atoms. The first kappa shape index (κ1) is 24.3. The van der Waals surface area contributed by atoms with Crippen LogP contribution >= 0.6 is 0 Å². The fraction of sp³-hybridized carbons (Fsp3) is 0.852. The molecule has 5 fully saturated rings. The van der Waals surface area contributed by atoms with Gasteiger partial charge >= 0.3 is 11.9 Å². The predicted molar refractivity (Wildman–Crippen MR) is 126 cm³/mol. The van der Waals surface area contributed by atoms with Gasteiger partial charge in [0.05, 0.1) is 12.6 Å². The van der Waals surface area contributed by atoms with Gasteiger partial charge in [0.25, 0.3) is 0 Å². The molecule has 5 rings (SSSR count). The average Bonchev–Trinajstić information content (AvgIpc) is 3.18. The van der Waals surface area contributed by atoms with Crippen molar-refractivity contribution < 1.29 is 29.1 Å². The van der Waals surface area contributed by atoms with Gasteiger partial charge in [-0.1, -0.05) is 6.08 Å². The number of esters is 2. The van der Waals surface area contributed by atoms with Crippen molar-refractivity contribution in [2.24, 2.45) is 29.4 Å². The predicted octanol–water partition coefficient (Wildman–Crippen LogP) is 2.57. The molecule has 5 aliphatic rings. The lowest BCUT2D eigenvalue weighted by Gasteiger charge is -2.55. The zero-order valence-corrected chi connectivity index (χ0v) is 21.1. The lowest BCUT2D eigenvalue weighted by molar-refractivity contribution is -0.700. The van der Waals surface area contributed by atoms with E-state index in [1.54, 1.807) is 0 Å². The van der Waals surface area contributed by atoms with Gasteiger partial charge in [0.1, 0.15) is 23.5 Å². The van der Waals surface area contributed by atoms with Crippen molar-refractivity contribution in [1.29, 1.82) is 0 Å². The number of piperidine rings is 1. The summed E-state index contributed by atoms with van der Waals surface area (Å²) < 4.78 is 19.3. The van der Waals surface area contributed by atoms with Gasteiger partial charge in [-0.25, -0.2) is 4.79 Å². The molecule has 6 unspecified atom stereocenters. The van der Waals surface area contributed by atoms with Crippen LogP contribution in [0.4, 0.5) is 0 Å². The van der Waals surface area contributed by atoms with Gasteiger partial charge in [-0.05, 0) is 89.4 Å². The number of allylic oxidation sites excluding steroid dienone is 1. The Hall–Kier alpha value is -1.44. The minimum atomic E-state index is -0.679. The van der Waals surface area contributed by atoms with Crippen molar-refractivity contribution in [3.63, 3.8) is 0 Å². The first-order valence-electron chi connectivity index (χ1n) is 13.6. The lowest BCUT2D eigenvalue weighted by atomic mass is 9.58. The van der Waals surface area contributed by atoms with Crippen LogP contribution in [0.2, 0.25) is 0 Å². The Bertz CT molecular complexity index is 845. The van der Waals surface area contributed by atoms with E-state index >= 15 is 0 Å². The van der Waals surface area contributed by atoms with Gasteiger partial charge < -0.3 is 19.5 Å². The highest BCUT2D eigenvalue weighted by Gasteiger charge is 2.66. The van der Waals surface area contributed by atoms with Gasteiger partial charge in [-0.3, -0.25) is 10.5 Å². The number of fused-ring (bicyclic) bond motifs is 2. The summed E-state index contributed by atoms with van der Waals surface area (Å²) in [5.41, 5.74) is 5.85. The van der Waals surface area contributed by atoms with E-state index < -0.39 is 11.2 Å². The maximum Gasteiger partial charge on any atom is 0.334 e. The Labute approximate surface area is 203 Å². The molecule has 7 nitrogen and oxygen atoms in total. The zero-order valence-electron chi connectivity index (χ0n) is 21.1. The van der Waals surface area contributed by atoms with Crippen LogP contribution < -0.4 is 11.1 Å². The molecular formula is C27H43N2O5+. The molecule has 2 aliphatic carbocycles. The Morgan fingerprint density at radius 2 is 1.97 bits per heavy atom.